The van der Waals surface area contributed by atoms with Gasteiger partial charge in [-0.05, 0) is 52.0 Å². The van der Waals surface area contributed by atoms with Gasteiger partial charge in [0.05, 0.1) is 5.56 Å². The topological polar surface area (TPSA) is 35.6 Å². The Balaban J connectivity index is 2.06. The lowest BCUT2D eigenvalue weighted by Crippen LogP contribution is -2.48. The van der Waals surface area contributed by atoms with Gasteiger partial charge >= 0.3 is 0 Å². The Bertz CT molecular complexity index is 537. The van der Waals surface area contributed by atoms with Crippen molar-refractivity contribution in [3.63, 3.8) is 0 Å². The van der Waals surface area contributed by atoms with Gasteiger partial charge in [0.2, 0.25) is 5.91 Å². The van der Waals surface area contributed by atoms with Gasteiger partial charge in [-0.1, -0.05) is 13.0 Å². The van der Waals surface area contributed by atoms with Crippen LogP contribution in [0.5, 0.6) is 0 Å². The molecule has 24 heavy (non-hydrogen) atoms. The van der Waals surface area contributed by atoms with Crippen LogP contribution in [0.4, 0.5) is 8.78 Å². The molecule has 1 heterocycles. The average Bonchev–Trinajstić information content (AvgIpc) is 2.52. The molecule has 0 saturated carbocycles. The number of amides is 1. The predicted octanol–water partition coefficient (Wildman–Crippen LogP) is 2.56. The Morgan fingerprint density at radius 1 is 1.29 bits per heavy atom. The molecule has 0 bridgehead atoms. The van der Waals surface area contributed by atoms with Crippen molar-refractivity contribution in [1.82, 2.24) is 15.1 Å². The highest BCUT2D eigenvalue weighted by Crippen LogP contribution is 2.25. The lowest BCUT2D eigenvalue weighted by Gasteiger charge is -2.33. The molecule has 1 aromatic carbocycles. The molecule has 1 fully saturated rings. The number of halogens is 2. The van der Waals surface area contributed by atoms with Gasteiger partial charge in [0.25, 0.3) is 0 Å². The molecule has 1 aliphatic heterocycles. The van der Waals surface area contributed by atoms with Gasteiger partial charge in [0.1, 0.15) is 17.7 Å². The number of nitrogens with zero attached hydrogens (tertiary/aromatic N) is 2. The molecule has 1 aromatic rings. The molecule has 1 aliphatic rings. The lowest BCUT2D eigenvalue weighted by molar-refractivity contribution is -0.127. The zero-order chi connectivity index (χ0) is 17.7. The minimum atomic E-state index is -0.972. The monoisotopic (exact) mass is 339 g/mol. The summed E-state index contributed by atoms with van der Waals surface area (Å²) in [4.78, 5) is 16.6. The number of likely N-dealkylation sites (N-methyl/N-ethyl adjacent to an activating group) is 1. The van der Waals surface area contributed by atoms with E-state index in [2.05, 4.69) is 17.1 Å². The van der Waals surface area contributed by atoms with E-state index in [4.69, 9.17) is 0 Å². The van der Waals surface area contributed by atoms with E-state index in [0.29, 0.717) is 0 Å². The summed E-state index contributed by atoms with van der Waals surface area (Å²) in [5.74, 6) is -1.74. The van der Waals surface area contributed by atoms with E-state index in [-0.39, 0.29) is 17.5 Å². The molecular formula is C18H27F2N3O. The van der Waals surface area contributed by atoms with E-state index in [0.717, 1.165) is 38.9 Å². The van der Waals surface area contributed by atoms with Gasteiger partial charge in [-0.15, -0.1) is 0 Å². The lowest BCUT2D eigenvalue weighted by atomic mass is 10.0. The SMILES string of the molecule is CCCN1CCC(NC(=O)[C@H](c2c(F)cccc2F)N(C)C)CC1. The zero-order valence-corrected chi connectivity index (χ0v) is 14.7. The van der Waals surface area contributed by atoms with Crippen LogP contribution >= 0.6 is 0 Å². The molecule has 1 amide bonds. The Kier molecular flexibility index (Phi) is 6.69. The first kappa shape index (κ1) is 18.8. The molecular weight excluding hydrogens is 312 g/mol. The van der Waals surface area contributed by atoms with E-state index in [1.54, 1.807) is 19.0 Å². The minimum absolute atomic E-state index is 0.0582. The van der Waals surface area contributed by atoms with E-state index >= 15 is 0 Å². The molecule has 0 aromatic heterocycles. The van der Waals surface area contributed by atoms with Gasteiger partial charge in [-0.2, -0.15) is 0 Å². The van der Waals surface area contributed by atoms with Gasteiger partial charge in [-0.3, -0.25) is 9.69 Å². The van der Waals surface area contributed by atoms with E-state index in [9.17, 15) is 13.6 Å². The number of nitrogens with one attached hydrogen (secondary N) is 1. The number of likely N-dealkylation sites (tertiary alicyclic amines) is 1. The molecule has 0 aliphatic carbocycles. The molecule has 1 N–H and O–H groups in total. The molecule has 1 saturated heterocycles. The largest absolute Gasteiger partial charge is 0.352 e. The average molecular weight is 339 g/mol. The molecule has 6 heteroatoms. The maximum absolute atomic E-state index is 14.1. The van der Waals surface area contributed by atoms with Crippen LogP contribution in [0.1, 0.15) is 37.8 Å². The highest BCUT2D eigenvalue weighted by Gasteiger charge is 2.31. The van der Waals surface area contributed by atoms with Crippen molar-refractivity contribution in [2.45, 2.75) is 38.3 Å². The maximum Gasteiger partial charge on any atom is 0.242 e. The van der Waals surface area contributed by atoms with E-state index in [1.165, 1.54) is 18.2 Å². The first-order chi connectivity index (χ1) is 11.4. The van der Waals surface area contributed by atoms with E-state index in [1.807, 2.05) is 0 Å². The third-order valence-electron chi connectivity index (χ3n) is 4.51. The van der Waals surface area contributed by atoms with Crippen LogP contribution in [0.2, 0.25) is 0 Å². The smallest absolute Gasteiger partial charge is 0.242 e. The fourth-order valence-electron chi connectivity index (χ4n) is 3.29. The molecule has 134 valence electrons. The molecule has 0 radical (unpaired) electrons. The van der Waals surface area contributed by atoms with Crippen LogP contribution < -0.4 is 5.32 Å². The summed E-state index contributed by atoms with van der Waals surface area (Å²) in [7, 11) is 3.31. The number of benzene rings is 1. The molecule has 4 nitrogen and oxygen atoms in total. The Morgan fingerprint density at radius 3 is 2.38 bits per heavy atom. The summed E-state index contributed by atoms with van der Waals surface area (Å²) < 4.78 is 28.2. The summed E-state index contributed by atoms with van der Waals surface area (Å²) in [6.45, 7) is 5.11. The van der Waals surface area contributed by atoms with Crippen molar-refractivity contribution >= 4 is 5.91 Å². The first-order valence-corrected chi connectivity index (χ1v) is 8.57. The van der Waals surface area contributed by atoms with Crippen LogP contribution in [0.15, 0.2) is 18.2 Å². The quantitative estimate of drug-likeness (QED) is 0.865. The van der Waals surface area contributed by atoms with Gasteiger partial charge < -0.3 is 10.2 Å². The van der Waals surface area contributed by atoms with Crippen molar-refractivity contribution < 1.29 is 13.6 Å². The predicted molar refractivity (Wildman–Crippen MR) is 90.7 cm³/mol. The van der Waals surface area contributed by atoms with Crippen molar-refractivity contribution in [2.24, 2.45) is 0 Å². The maximum atomic E-state index is 14.1. The van der Waals surface area contributed by atoms with Crippen molar-refractivity contribution in [3.05, 3.63) is 35.4 Å². The Hall–Kier alpha value is -1.53. The van der Waals surface area contributed by atoms with Crippen LogP contribution in [0, 0.1) is 11.6 Å². The second kappa shape index (κ2) is 8.53. The van der Waals surface area contributed by atoms with Crippen molar-refractivity contribution in [3.8, 4) is 0 Å². The number of hydrogen-bond donors (Lipinski definition) is 1. The summed E-state index contributed by atoms with van der Waals surface area (Å²) in [5.41, 5.74) is -0.191. The van der Waals surface area contributed by atoms with Crippen LogP contribution in [0.25, 0.3) is 0 Å². The van der Waals surface area contributed by atoms with Crippen molar-refractivity contribution in [1.29, 1.82) is 0 Å². The fraction of sp³-hybridized carbons (Fsp3) is 0.611. The fourth-order valence-corrected chi connectivity index (χ4v) is 3.29. The molecule has 2 rings (SSSR count). The second-order valence-electron chi connectivity index (χ2n) is 6.63. The Morgan fingerprint density at radius 2 is 1.88 bits per heavy atom. The highest BCUT2D eigenvalue weighted by atomic mass is 19.1. The summed E-state index contributed by atoms with van der Waals surface area (Å²) >= 11 is 0. The van der Waals surface area contributed by atoms with Gasteiger partial charge in [0.15, 0.2) is 0 Å². The van der Waals surface area contributed by atoms with Crippen LogP contribution in [-0.4, -0.2) is 55.5 Å². The third-order valence-corrected chi connectivity index (χ3v) is 4.51. The van der Waals surface area contributed by atoms with Crippen molar-refractivity contribution in [2.75, 3.05) is 33.7 Å². The first-order valence-electron chi connectivity index (χ1n) is 8.57. The number of hydrogen-bond acceptors (Lipinski definition) is 3. The summed E-state index contributed by atoms with van der Waals surface area (Å²) in [6, 6.07) is 2.77. The highest BCUT2D eigenvalue weighted by molar-refractivity contribution is 5.83. The molecule has 1 atom stereocenters. The molecule has 0 unspecified atom stereocenters. The van der Waals surface area contributed by atoms with E-state index < -0.39 is 17.7 Å². The number of carbonyl (C=O) groups excluding carboxylic acids is 1. The summed E-state index contributed by atoms with van der Waals surface area (Å²) in [5, 5.41) is 2.98. The second-order valence-corrected chi connectivity index (χ2v) is 6.63. The van der Waals surface area contributed by atoms with Gasteiger partial charge in [-0.25, -0.2) is 8.78 Å². The van der Waals surface area contributed by atoms with Crippen LogP contribution in [0.3, 0.4) is 0 Å². The van der Waals surface area contributed by atoms with Crippen LogP contribution in [-0.2, 0) is 4.79 Å². The standard InChI is InChI=1S/C18H27F2N3O/c1-4-10-23-11-8-13(9-12-23)21-18(24)17(22(2)3)16-14(19)6-5-7-15(16)20/h5-7,13,17H,4,8-12H2,1-3H3,(H,21,24)/t17-/m0/s1. The zero-order valence-electron chi connectivity index (χ0n) is 14.7. The Labute approximate surface area is 142 Å². The molecule has 0 spiro atoms. The summed E-state index contributed by atoms with van der Waals surface area (Å²) in [6.07, 6.45) is 2.85. The normalized spacial score (nSPS) is 17.9. The number of piperidine rings is 1. The number of carbonyl (C=O) groups is 1. The van der Waals surface area contributed by atoms with Gasteiger partial charge in [0, 0.05) is 19.1 Å². The minimum Gasteiger partial charge on any atom is -0.352 e. The number of rotatable bonds is 6. The third kappa shape index (κ3) is 4.51.